The molecule has 8 heteroatoms. The number of benzene rings is 1. The van der Waals surface area contributed by atoms with E-state index >= 15 is 0 Å². The van der Waals surface area contributed by atoms with Crippen LogP contribution in [0, 0.1) is 0 Å². The van der Waals surface area contributed by atoms with Gasteiger partial charge in [-0.1, -0.05) is 34.8 Å². The van der Waals surface area contributed by atoms with Gasteiger partial charge in [0.1, 0.15) is 4.90 Å². The molecule has 0 radical (unpaired) electrons. The van der Waals surface area contributed by atoms with Crippen molar-refractivity contribution in [2.45, 2.75) is 4.90 Å². The average molecular weight is 269 g/mol. The first-order valence-electron chi connectivity index (χ1n) is 2.94. The fourth-order valence-electron chi connectivity index (χ4n) is 0.702. The minimum absolute atomic E-state index is 0. The second kappa shape index (κ2) is 5.09. The normalized spacial score (nSPS) is 10.9. The van der Waals surface area contributed by atoms with Gasteiger partial charge in [-0.2, -0.15) is 8.42 Å². The van der Waals surface area contributed by atoms with Crippen LogP contribution < -0.4 is 0 Å². The summed E-state index contributed by atoms with van der Waals surface area (Å²) >= 11 is 16.6. The zero-order chi connectivity index (χ0) is 10.2. The first kappa shape index (κ1) is 14.6. The van der Waals surface area contributed by atoms with E-state index in [1.54, 1.807) is 0 Å². The van der Waals surface area contributed by atoms with Crippen LogP contribution in [0.3, 0.4) is 0 Å². The van der Waals surface area contributed by atoms with Gasteiger partial charge in [0.25, 0.3) is 10.1 Å². The van der Waals surface area contributed by atoms with Crippen molar-refractivity contribution in [2.75, 3.05) is 0 Å². The molecular formula is C6H4Cl3LiO3S. The van der Waals surface area contributed by atoms with E-state index in [-0.39, 0.29) is 33.9 Å². The van der Waals surface area contributed by atoms with Crippen molar-refractivity contribution in [2.24, 2.45) is 0 Å². The minimum atomic E-state index is -4.35. The van der Waals surface area contributed by atoms with Crippen LogP contribution in [0.25, 0.3) is 0 Å². The van der Waals surface area contributed by atoms with Crippen LogP contribution in [0.5, 0.6) is 0 Å². The van der Waals surface area contributed by atoms with Gasteiger partial charge in [0.2, 0.25) is 0 Å². The molecule has 1 rings (SSSR count). The van der Waals surface area contributed by atoms with Crippen molar-refractivity contribution < 1.29 is 13.0 Å². The molecule has 0 spiro atoms. The fourth-order valence-corrected chi connectivity index (χ4v) is 2.18. The molecule has 0 aliphatic heterocycles. The molecular weight excluding hydrogens is 265 g/mol. The number of halogens is 3. The topological polar surface area (TPSA) is 54.4 Å². The van der Waals surface area contributed by atoms with Crippen molar-refractivity contribution in [3.8, 4) is 0 Å². The van der Waals surface area contributed by atoms with Crippen LogP contribution in [0.2, 0.25) is 15.1 Å². The van der Waals surface area contributed by atoms with Crippen molar-refractivity contribution >= 4 is 63.8 Å². The van der Waals surface area contributed by atoms with E-state index in [9.17, 15) is 8.42 Å². The summed E-state index contributed by atoms with van der Waals surface area (Å²) in [4.78, 5) is -0.455. The quantitative estimate of drug-likeness (QED) is 0.483. The van der Waals surface area contributed by atoms with Gasteiger partial charge in [-0.3, -0.25) is 4.55 Å². The Morgan fingerprint density at radius 2 is 1.43 bits per heavy atom. The molecule has 0 unspecified atom stereocenters. The van der Waals surface area contributed by atoms with Gasteiger partial charge in [0.05, 0.1) is 15.1 Å². The summed E-state index contributed by atoms with van der Waals surface area (Å²) in [5, 5.41) is -0.0327. The van der Waals surface area contributed by atoms with E-state index in [0.29, 0.717) is 0 Å². The molecule has 1 aromatic rings. The Labute approximate surface area is 108 Å². The molecule has 0 bridgehead atoms. The van der Waals surface area contributed by atoms with E-state index in [1.807, 2.05) is 0 Å². The molecule has 0 aromatic heterocycles. The molecule has 74 valence electrons. The standard InChI is InChI=1S/C6H3Cl3O3S.Li.H/c7-3-1-5(9)6(2-4(3)8)13(10,11)12;;/h1-2H,(H,10,11,12);;. The Morgan fingerprint density at radius 3 is 1.86 bits per heavy atom. The predicted molar refractivity (Wildman–Crippen MR) is 58.4 cm³/mol. The van der Waals surface area contributed by atoms with E-state index in [4.69, 9.17) is 39.4 Å². The van der Waals surface area contributed by atoms with Gasteiger partial charge < -0.3 is 0 Å². The summed E-state index contributed by atoms with van der Waals surface area (Å²) < 4.78 is 30.0. The maximum absolute atomic E-state index is 10.7. The van der Waals surface area contributed by atoms with E-state index in [1.165, 1.54) is 0 Å². The zero-order valence-corrected chi connectivity index (χ0v) is 9.04. The van der Waals surface area contributed by atoms with Gasteiger partial charge in [-0.25, -0.2) is 0 Å². The summed E-state index contributed by atoms with van der Waals surface area (Å²) in [7, 11) is -4.35. The predicted octanol–water partition coefficient (Wildman–Crippen LogP) is 2.24. The molecule has 0 saturated heterocycles. The van der Waals surface area contributed by atoms with Crippen LogP contribution in [-0.2, 0) is 10.1 Å². The zero-order valence-electron chi connectivity index (χ0n) is 5.96. The average Bonchev–Trinajstić information content (AvgIpc) is 1.94. The number of hydrogen-bond donors (Lipinski definition) is 1. The van der Waals surface area contributed by atoms with Gasteiger partial charge in [-0.05, 0) is 12.1 Å². The van der Waals surface area contributed by atoms with Crippen LogP contribution in [0.15, 0.2) is 17.0 Å². The van der Waals surface area contributed by atoms with Crippen LogP contribution in [-0.4, -0.2) is 31.8 Å². The van der Waals surface area contributed by atoms with Gasteiger partial charge >= 0.3 is 18.9 Å². The van der Waals surface area contributed by atoms with Crippen LogP contribution in [0.4, 0.5) is 0 Å². The van der Waals surface area contributed by atoms with Crippen molar-refractivity contribution in [1.29, 1.82) is 0 Å². The van der Waals surface area contributed by atoms with Gasteiger partial charge in [-0.15, -0.1) is 0 Å². The third-order valence-corrected chi connectivity index (χ3v) is 3.29. The molecule has 14 heavy (non-hydrogen) atoms. The van der Waals surface area contributed by atoms with Gasteiger partial charge in [0.15, 0.2) is 0 Å². The second-order valence-electron chi connectivity index (χ2n) is 2.17. The monoisotopic (exact) mass is 268 g/mol. The summed E-state index contributed by atoms with van der Waals surface area (Å²) in [5.74, 6) is 0. The molecule has 3 nitrogen and oxygen atoms in total. The Kier molecular flexibility index (Phi) is 5.30. The molecule has 0 heterocycles. The van der Waals surface area contributed by atoms with Crippen molar-refractivity contribution in [3.05, 3.63) is 27.2 Å². The van der Waals surface area contributed by atoms with Gasteiger partial charge in [0, 0.05) is 0 Å². The fraction of sp³-hybridized carbons (Fsp3) is 0. The Hall–Kier alpha value is 0.597. The summed E-state index contributed by atoms with van der Waals surface area (Å²) in [6.07, 6.45) is 0. The molecule has 0 aliphatic rings. The third kappa shape index (κ3) is 3.32. The Morgan fingerprint density at radius 1 is 1.00 bits per heavy atom. The van der Waals surface area contributed by atoms with Crippen LogP contribution in [0.1, 0.15) is 0 Å². The first-order chi connectivity index (χ1) is 5.82. The molecule has 0 aliphatic carbocycles. The molecule has 0 amide bonds. The third-order valence-electron chi connectivity index (χ3n) is 1.25. The van der Waals surface area contributed by atoms with Crippen molar-refractivity contribution in [3.63, 3.8) is 0 Å². The molecule has 1 aromatic carbocycles. The van der Waals surface area contributed by atoms with E-state index < -0.39 is 15.0 Å². The molecule has 0 saturated carbocycles. The maximum atomic E-state index is 10.7. The van der Waals surface area contributed by atoms with Crippen LogP contribution >= 0.6 is 34.8 Å². The van der Waals surface area contributed by atoms with E-state index in [2.05, 4.69) is 0 Å². The summed E-state index contributed by atoms with van der Waals surface area (Å²) in [6.45, 7) is 0. The second-order valence-corrected chi connectivity index (χ2v) is 4.78. The van der Waals surface area contributed by atoms with Crippen molar-refractivity contribution in [1.82, 2.24) is 0 Å². The Bertz CT molecular complexity index is 446. The number of rotatable bonds is 1. The number of hydrogen-bond acceptors (Lipinski definition) is 2. The molecule has 1 N–H and O–H groups in total. The summed E-state index contributed by atoms with van der Waals surface area (Å²) in [6, 6.07) is 2.14. The molecule has 0 atom stereocenters. The SMILES string of the molecule is O=S(=O)(O)c1cc(Cl)c(Cl)cc1Cl.[LiH]. The first-order valence-corrected chi connectivity index (χ1v) is 5.52. The summed E-state index contributed by atoms with van der Waals surface area (Å²) in [5.41, 5.74) is 0. The Balaban J connectivity index is 0.00000169. The molecule has 0 fully saturated rings. The van der Waals surface area contributed by atoms with E-state index in [0.717, 1.165) is 12.1 Å².